The van der Waals surface area contributed by atoms with Gasteiger partial charge in [0, 0.05) is 6.04 Å². The van der Waals surface area contributed by atoms with Crippen LogP contribution in [0, 0.1) is 0 Å². The van der Waals surface area contributed by atoms with Crippen molar-refractivity contribution in [3.8, 4) is 6.01 Å². The summed E-state index contributed by atoms with van der Waals surface area (Å²) in [4.78, 5) is 11.9. The minimum atomic E-state index is -0.392. The number of anilines is 1. The molecule has 102 valence electrons. The van der Waals surface area contributed by atoms with E-state index < -0.39 is 6.10 Å². The first-order chi connectivity index (χ1) is 8.36. The van der Waals surface area contributed by atoms with E-state index >= 15 is 0 Å². The Morgan fingerprint density at radius 2 is 1.89 bits per heavy atom. The smallest absolute Gasteiger partial charge is 0.322 e. The fourth-order valence-corrected chi connectivity index (χ4v) is 1.60. The molecule has 7 heteroatoms. The van der Waals surface area contributed by atoms with Gasteiger partial charge in [-0.2, -0.15) is 15.0 Å². The first kappa shape index (κ1) is 14.9. The normalized spacial score (nSPS) is 14.4. The largest absolute Gasteiger partial charge is 0.461 e. The quantitative estimate of drug-likeness (QED) is 0.824. The summed E-state index contributed by atoms with van der Waals surface area (Å²) in [6.07, 6.45) is 0.159. The summed E-state index contributed by atoms with van der Waals surface area (Å²) in [5.74, 6) is 0.346. The Kier molecular flexibility index (Phi) is 5.55. The second-order valence-corrected chi connectivity index (χ2v) is 4.85. The molecule has 2 unspecified atom stereocenters. The molecule has 0 aliphatic heterocycles. The third kappa shape index (κ3) is 5.46. The van der Waals surface area contributed by atoms with Crippen LogP contribution in [0.25, 0.3) is 0 Å². The average molecular weight is 275 g/mol. The molecule has 0 saturated carbocycles. The molecule has 1 aromatic rings. The first-order valence-electron chi connectivity index (χ1n) is 5.89. The number of halogens is 1. The Morgan fingerprint density at radius 3 is 2.44 bits per heavy atom. The number of hydrogen-bond donors (Lipinski definition) is 2. The van der Waals surface area contributed by atoms with Gasteiger partial charge in [-0.15, -0.1) is 0 Å². The standard InChI is InChI=1S/C11H19ClN4O2/c1-6(2)18-11-15-9(12)14-10(16-11)13-7(3)5-8(4)17/h6-8,17H,5H2,1-4H3,(H,13,14,15,16). The molecule has 18 heavy (non-hydrogen) atoms. The van der Waals surface area contributed by atoms with E-state index in [1.807, 2.05) is 20.8 Å². The molecule has 0 fully saturated rings. The van der Waals surface area contributed by atoms with Crippen molar-refractivity contribution in [1.29, 1.82) is 0 Å². The minimum Gasteiger partial charge on any atom is -0.461 e. The summed E-state index contributed by atoms with van der Waals surface area (Å²) in [7, 11) is 0. The maximum atomic E-state index is 9.29. The van der Waals surface area contributed by atoms with Gasteiger partial charge in [-0.3, -0.25) is 0 Å². The maximum absolute atomic E-state index is 9.29. The third-order valence-corrected chi connectivity index (χ3v) is 2.17. The topological polar surface area (TPSA) is 80.2 Å². The molecule has 0 bridgehead atoms. The van der Waals surface area contributed by atoms with E-state index in [2.05, 4.69) is 20.3 Å². The molecule has 0 aliphatic carbocycles. The van der Waals surface area contributed by atoms with Gasteiger partial charge >= 0.3 is 6.01 Å². The molecule has 0 saturated heterocycles. The summed E-state index contributed by atoms with van der Waals surface area (Å²) in [5.41, 5.74) is 0. The highest BCUT2D eigenvalue weighted by atomic mass is 35.5. The van der Waals surface area contributed by atoms with E-state index in [4.69, 9.17) is 16.3 Å². The molecule has 0 spiro atoms. The number of rotatable bonds is 6. The molecule has 0 aromatic carbocycles. The van der Waals surface area contributed by atoms with E-state index in [9.17, 15) is 5.11 Å². The minimum absolute atomic E-state index is 0.0235. The van der Waals surface area contributed by atoms with Crippen molar-refractivity contribution in [3.63, 3.8) is 0 Å². The fraction of sp³-hybridized carbons (Fsp3) is 0.727. The van der Waals surface area contributed by atoms with Crippen LogP contribution in [0.1, 0.15) is 34.1 Å². The van der Waals surface area contributed by atoms with Gasteiger partial charge in [0.1, 0.15) is 0 Å². The molecule has 0 aliphatic rings. The Labute approximate surface area is 112 Å². The SMILES string of the molecule is CC(O)CC(C)Nc1nc(Cl)nc(OC(C)C)n1. The van der Waals surface area contributed by atoms with Crippen molar-refractivity contribution in [2.24, 2.45) is 0 Å². The number of ether oxygens (including phenoxy) is 1. The van der Waals surface area contributed by atoms with Crippen LogP contribution in [0.4, 0.5) is 5.95 Å². The number of hydrogen-bond acceptors (Lipinski definition) is 6. The fourth-order valence-electron chi connectivity index (χ4n) is 1.45. The molecule has 2 atom stereocenters. The van der Waals surface area contributed by atoms with Crippen molar-refractivity contribution < 1.29 is 9.84 Å². The predicted molar refractivity (Wildman–Crippen MR) is 70.0 cm³/mol. The Balaban J connectivity index is 2.73. The molecule has 0 amide bonds. The zero-order valence-electron chi connectivity index (χ0n) is 11.0. The lowest BCUT2D eigenvalue weighted by Crippen LogP contribution is -2.22. The molecule has 6 nitrogen and oxygen atoms in total. The highest BCUT2D eigenvalue weighted by molar-refractivity contribution is 6.28. The first-order valence-corrected chi connectivity index (χ1v) is 6.27. The van der Waals surface area contributed by atoms with Crippen molar-refractivity contribution in [2.75, 3.05) is 5.32 Å². The summed E-state index contributed by atoms with van der Waals surface area (Å²) in [6, 6.07) is 0.215. The lowest BCUT2D eigenvalue weighted by atomic mass is 10.2. The maximum Gasteiger partial charge on any atom is 0.322 e. The average Bonchev–Trinajstić information content (AvgIpc) is 2.12. The van der Waals surface area contributed by atoms with Gasteiger partial charge < -0.3 is 15.2 Å². The summed E-state index contributed by atoms with van der Waals surface area (Å²) < 4.78 is 5.36. The van der Waals surface area contributed by atoms with Crippen LogP contribution in [-0.4, -0.2) is 38.3 Å². The number of aromatic nitrogens is 3. The Morgan fingerprint density at radius 1 is 1.22 bits per heavy atom. The van der Waals surface area contributed by atoms with Crippen LogP contribution in [-0.2, 0) is 0 Å². The van der Waals surface area contributed by atoms with Gasteiger partial charge in [-0.25, -0.2) is 0 Å². The summed E-state index contributed by atoms with van der Waals surface area (Å²) in [5, 5.41) is 12.4. The lowest BCUT2D eigenvalue weighted by Gasteiger charge is -2.16. The van der Waals surface area contributed by atoms with Gasteiger partial charge in [-0.05, 0) is 45.7 Å². The molecule has 1 aromatic heterocycles. The van der Waals surface area contributed by atoms with Gasteiger partial charge in [0.05, 0.1) is 12.2 Å². The highest BCUT2D eigenvalue weighted by Crippen LogP contribution is 2.14. The van der Waals surface area contributed by atoms with Crippen LogP contribution < -0.4 is 10.1 Å². The molecule has 0 radical (unpaired) electrons. The van der Waals surface area contributed by atoms with Crippen LogP contribution in [0.5, 0.6) is 6.01 Å². The van der Waals surface area contributed by atoms with Gasteiger partial charge in [0.25, 0.3) is 0 Å². The van der Waals surface area contributed by atoms with Crippen molar-refractivity contribution in [1.82, 2.24) is 15.0 Å². The summed E-state index contributed by atoms with van der Waals surface area (Å²) >= 11 is 5.79. The molecule has 2 N–H and O–H groups in total. The predicted octanol–water partition coefficient (Wildman–Crippen LogP) is 1.88. The molecule has 1 rings (SSSR count). The van der Waals surface area contributed by atoms with Crippen LogP contribution in [0.2, 0.25) is 5.28 Å². The number of aliphatic hydroxyl groups is 1. The van der Waals surface area contributed by atoms with E-state index in [1.165, 1.54) is 0 Å². The third-order valence-electron chi connectivity index (χ3n) is 2.00. The van der Waals surface area contributed by atoms with E-state index in [0.717, 1.165) is 0 Å². The summed E-state index contributed by atoms with van der Waals surface area (Å²) in [6.45, 7) is 7.40. The van der Waals surface area contributed by atoms with Gasteiger partial charge in [0.2, 0.25) is 11.2 Å². The zero-order valence-corrected chi connectivity index (χ0v) is 11.8. The molecular weight excluding hydrogens is 256 g/mol. The Bertz CT molecular complexity index is 387. The second kappa shape index (κ2) is 6.70. The van der Waals surface area contributed by atoms with Crippen molar-refractivity contribution in [2.45, 2.75) is 52.4 Å². The van der Waals surface area contributed by atoms with E-state index in [1.54, 1.807) is 6.92 Å². The molecule has 1 heterocycles. The highest BCUT2D eigenvalue weighted by Gasteiger charge is 2.11. The van der Waals surface area contributed by atoms with Crippen LogP contribution >= 0.6 is 11.6 Å². The van der Waals surface area contributed by atoms with Gasteiger partial charge in [-0.1, -0.05) is 0 Å². The van der Waals surface area contributed by atoms with E-state index in [0.29, 0.717) is 12.4 Å². The zero-order chi connectivity index (χ0) is 13.7. The van der Waals surface area contributed by atoms with Gasteiger partial charge in [0.15, 0.2) is 0 Å². The van der Waals surface area contributed by atoms with Crippen LogP contribution in [0.15, 0.2) is 0 Å². The number of nitrogens with zero attached hydrogens (tertiary/aromatic N) is 3. The Hall–Kier alpha value is -1.14. The second-order valence-electron chi connectivity index (χ2n) is 4.51. The number of aliphatic hydroxyl groups excluding tert-OH is 1. The monoisotopic (exact) mass is 274 g/mol. The number of nitrogens with one attached hydrogen (secondary N) is 1. The van der Waals surface area contributed by atoms with Crippen molar-refractivity contribution >= 4 is 17.5 Å². The lowest BCUT2D eigenvalue weighted by molar-refractivity contribution is 0.179. The van der Waals surface area contributed by atoms with E-state index in [-0.39, 0.29) is 23.4 Å². The van der Waals surface area contributed by atoms with Crippen LogP contribution in [0.3, 0.4) is 0 Å². The molecular formula is C11H19ClN4O2. The van der Waals surface area contributed by atoms with Crippen molar-refractivity contribution in [3.05, 3.63) is 5.28 Å².